The summed E-state index contributed by atoms with van der Waals surface area (Å²) >= 11 is 0. The van der Waals surface area contributed by atoms with Gasteiger partial charge in [0.15, 0.2) is 0 Å². The fourth-order valence-electron chi connectivity index (χ4n) is 2.13. The lowest BCUT2D eigenvalue weighted by atomic mass is 9.67. The van der Waals surface area contributed by atoms with E-state index in [4.69, 9.17) is 0 Å². The maximum Gasteiger partial charge on any atom is 0.0673 e. The van der Waals surface area contributed by atoms with Crippen LogP contribution >= 0.6 is 0 Å². The Balaban J connectivity index is 2.86. The maximum atomic E-state index is 10.3. The van der Waals surface area contributed by atoms with E-state index in [0.29, 0.717) is 5.92 Å². The zero-order chi connectivity index (χ0) is 9.41. The lowest BCUT2D eigenvalue weighted by molar-refractivity contribution is -0.0781. The summed E-state index contributed by atoms with van der Waals surface area (Å²) in [6, 6.07) is 0. The third-order valence-corrected chi connectivity index (χ3v) is 4.17. The van der Waals surface area contributed by atoms with Crippen molar-refractivity contribution in [1.29, 1.82) is 0 Å². The van der Waals surface area contributed by atoms with Gasteiger partial charge in [0.1, 0.15) is 0 Å². The van der Waals surface area contributed by atoms with Crippen LogP contribution in [0, 0.1) is 11.3 Å². The van der Waals surface area contributed by atoms with Gasteiger partial charge in [-0.1, -0.05) is 40.0 Å². The summed E-state index contributed by atoms with van der Waals surface area (Å²) in [5.74, 6) is 0.634. The van der Waals surface area contributed by atoms with Crippen molar-refractivity contribution in [2.24, 2.45) is 11.3 Å². The highest BCUT2D eigenvalue weighted by molar-refractivity contribution is 4.94. The number of rotatable bonds is 0. The molecule has 0 saturated heterocycles. The van der Waals surface area contributed by atoms with Crippen LogP contribution < -0.4 is 0 Å². The maximum absolute atomic E-state index is 10.3. The molecule has 1 nitrogen and oxygen atoms in total. The number of aliphatic hydroxyl groups is 1. The van der Waals surface area contributed by atoms with E-state index in [-0.39, 0.29) is 5.41 Å². The Bertz CT molecular complexity index is 158. The van der Waals surface area contributed by atoms with E-state index in [1.807, 2.05) is 6.92 Å². The highest BCUT2D eigenvalue weighted by Crippen LogP contribution is 2.45. The second-order valence-corrected chi connectivity index (χ2v) is 5.14. The van der Waals surface area contributed by atoms with E-state index >= 15 is 0 Å². The monoisotopic (exact) mass is 170 g/mol. The van der Waals surface area contributed by atoms with Crippen LogP contribution in [0.1, 0.15) is 53.4 Å². The van der Waals surface area contributed by atoms with E-state index in [1.54, 1.807) is 0 Å². The van der Waals surface area contributed by atoms with Gasteiger partial charge in [-0.05, 0) is 24.7 Å². The van der Waals surface area contributed by atoms with Crippen LogP contribution in [-0.2, 0) is 0 Å². The van der Waals surface area contributed by atoms with E-state index in [1.165, 1.54) is 19.3 Å². The number of hydrogen-bond donors (Lipinski definition) is 1. The Kier molecular flexibility index (Phi) is 2.53. The van der Waals surface area contributed by atoms with Gasteiger partial charge in [0.05, 0.1) is 5.60 Å². The molecule has 1 N–H and O–H groups in total. The van der Waals surface area contributed by atoms with Crippen LogP contribution in [0.3, 0.4) is 0 Å². The van der Waals surface area contributed by atoms with Crippen molar-refractivity contribution in [2.75, 3.05) is 0 Å². The van der Waals surface area contributed by atoms with Crippen molar-refractivity contribution in [1.82, 2.24) is 0 Å². The second kappa shape index (κ2) is 3.02. The zero-order valence-electron chi connectivity index (χ0n) is 8.85. The Hall–Kier alpha value is -0.0400. The average Bonchev–Trinajstić information content (AvgIpc) is 2.02. The summed E-state index contributed by atoms with van der Waals surface area (Å²) in [4.78, 5) is 0. The first-order valence-electron chi connectivity index (χ1n) is 5.10. The highest BCUT2D eigenvalue weighted by Gasteiger charge is 2.43. The largest absolute Gasteiger partial charge is 0.390 e. The van der Waals surface area contributed by atoms with E-state index in [2.05, 4.69) is 20.8 Å². The third-order valence-electron chi connectivity index (χ3n) is 4.17. The first kappa shape index (κ1) is 10.0. The highest BCUT2D eigenvalue weighted by atomic mass is 16.3. The molecule has 0 radical (unpaired) electrons. The smallest absolute Gasteiger partial charge is 0.0673 e. The molecule has 1 aliphatic carbocycles. The van der Waals surface area contributed by atoms with Crippen molar-refractivity contribution >= 4 is 0 Å². The molecule has 0 spiro atoms. The topological polar surface area (TPSA) is 20.2 Å². The molecule has 1 aliphatic rings. The van der Waals surface area contributed by atoms with Gasteiger partial charge < -0.3 is 5.11 Å². The molecule has 1 fully saturated rings. The third kappa shape index (κ3) is 1.52. The van der Waals surface area contributed by atoms with E-state index < -0.39 is 5.60 Å². The van der Waals surface area contributed by atoms with E-state index in [9.17, 15) is 5.11 Å². The van der Waals surface area contributed by atoms with Gasteiger partial charge in [-0.3, -0.25) is 0 Å². The van der Waals surface area contributed by atoms with Gasteiger partial charge in [0, 0.05) is 0 Å². The Labute approximate surface area is 76.2 Å². The molecule has 2 atom stereocenters. The molecule has 0 amide bonds. The molecule has 1 rings (SSSR count). The molecule has 12 heavy (non-hydrogen) atoms. The molecule has 1 saturated carbocycles. The Morgan fingerprint density at radius 2 is 1.75 bits per heavy atom. The summed E-state index contributed by atoms with van der Waals surface area (Å²) < 4.78 is 0. The summed E-state index contributed by atoms with van der Waals surface area (Å²) in [7, 11) is 0. The summed E-state index contributed by atoms with van der Waals surface area (Å²) in [6.45, 7) is 8.65. The van der Waals surface area contributed by atoms with Crippen molar-refractivity contribution < 1.29 is 5.11 Å². The SMILES string of the molecule is CC1CCCCC(C)(O)C1(C)C. The van der Waals surface area contributed by atoms with Gasteiger partial charge in [0.25, 0.3) is 0 Å². The van der Waals surface area contributed by atoms with Crippen LogP contribution in [-0.4, -0.2) is 10.7 Å². The molecule has 0 heterocycles. The minimum Gasteiger partial charge on any atom is -0.390 e. The minimum atomic E-state index is -0.469. The molecule has 0 aromatic heterocycles. The Morgan fingerprint density at radius 1 is 1.17 bits per heavy atom. The summed E-state index contributed by atoms with van der Waals surface area (Å²) in [5, 5.41) is 10.3. The fraction of sp³-hybridized carbons (Fsp3) is 1.00. The molecule has 1 heteroatoms. The predicted molar refractivity (Wildman–Crippen MR) is 52.0 cm³/mol. The van der Waals surface area contributed by atoms with Crippen LogP contribution in [0.15, 0.2) is 0 Å². The van der Waals surface area contributed by atoms with E-state index in [0.717, 1.165) is 6.42 Å². The van der Waals surface area contributed by atoms with Gasteiger partial charge in [-0.25, -0.2) is 0 Å². The molecule has 0 aliphatic heterocycles. The van der Waals surface area contributed by atoms with Gasteiger partial charge >= 0.3 is 0 Å². The van der Waals surface area contributed by atoms with Crippen LogP contribution in [0.5, 0.6) is 0 Å². The van der Waals surface area contributed by atoms with Crippen LogP contribution in [0.4, 0.5) is 0 Å². The summed E-state index contributed by atoms with van der Waals surface area (Å²) in [5.41, 5.74) is -0.396. The van der Waals surface area contributed by atoms with Gasteiger partial charge in [-0.2, -0.15) is 0 Å². The molecule has 0 aromatic carbocycles. The average molecular weight is 170 g/mol. The molecular formula is C11H22O. The summed E-state index contributed by atoms with van der Waals surface area (Å²) in [6.07, 6.45) is 4.69. The van der Waals surface area contributed by atoms with Crippen molar-refractivity contribution in [3.05, 3.63) is 0 Å². The second-order valence-electron chi connectivity index (χ2n) is 5.14. The molecule has 0 bridgehead atoms. The van der Waals surface area contributed by atoms with Gasteiger partial charge in [-0.15, -0.1) is 0 Å². The lowest BCUT2D eigenvalue weighted by Gasteiger charge is -2.42. The molecule has 72 valence electrons. The van der Waals surface area contributed by atoms with Crippen molar-refractivity contribution in [3.63, 3.8) is 0 Å². The van der Waals surface area contributed by atoms with Gasteiger partial charge in [0.2, 0.25) is 0 Å². The van der Waals surface area contributed by atoms with Crippen LogP contribution in [0.25, 0.3) is 0 Å². The minimum absolute atomic E-state index is 0.0729. The quantitative estimate of drug-likeness (QED) is 0.554. The zero-order valence-corrected chi connectivity index (χ0v) is 8.85. The first-order chi connectivity index (χ1) is 5.38. The van der Waals surface area contributed by atoms with Crippen molar-refractivity contribution in [2.45, 2.75) is 59.0 Å². The molecule has 2 unspecified atom stereocenters. The normalized spacial score (nSPS) is 42.2. The number of hydrogen-bond acceptors (Lipinski definition) is 1. The van der Waals surface area contributed by atoms with Crippen LogP contribution in [0.2, 0.25) is 0 Å². The molecular weight excluding hydrogens is 148 g/mol. The predicted octanol–water partition coefficient (Wildman–Crippen LogP) is 2.97. The molecule has 0 aromatic rings. The standard InChI is InChI=1S/C11H22O/c1-9-7-5-6-8-11(4,12)10(9,2)3/h9,12H,5-8H2,1-4H3. The Morgan fingerprint density at radius 3 is 2.33 bits per heavy atom. The van der Waals surface area contributed by atoms with Crippen molar-refractivity contribution in [3.8, 4) is 0 Å². The lowest BCUT2D eigenvalue weighted by Crippen LogP contribution is -2.44. The first-order valence-corrected chi connectivity index (χ1v) is 5.10. The fourth-order valence-corrected chi connectivity index (χ4v) is 2.13.